The number of hydrogen-bond donors (Lipinski definition) is 1. The van der Waals surface area contributed by atoms with Crippen LogP contribution in [0.25, 0.3) is 0 Å². The van der Waals surface area contributed by atoms with Crippen LogP contribution in [0.4, 0.5) is 4.79 Å². The third kappa shape index (κ3) is 3.95. The van der Waals surface area contributed by atoms with Crippen molar-refractivity contribution in [3.63, 3.8) is 0 Å². The van der Waals surface area contributed by atoms with Gasteiger partial charge >= 0.3 is 6.09 Å². The first-order valence-electron chi connectivity index (χ1n) is 5.08. The Morgan fingerprint density at radius 2 is 2.18 bits per heavy atom. The van der Waals surface area contributed by atoms with E-state index in [4.69, 9.17) is 28.3 Å². The van der Waals surface area contributed by atoms with Crippen LogP contribution in [-0.4, -0.2) is 29.2 Å². The predicted molar refractivity (Wildman–Crippen MR) is 70.0 cm³/mol. The topological polar surface area (TPSA) is 40.5 Å². The molecule has 0 atom stereocenters. The van der Waals surface area contributed by atoms with E-state index < -0.39 is 6.09 Å². The summed E-state index contributed by atoms with van der Waals surface area (Å²) in [5, 5.41) is 9.89. The minimum Gasteiger partial charge on any atom is -0.465 e. The van der Waals surface area contributed by atoms with Crippen molar-refractivity contribution in [2.24, 2.45) is 0 Å². The van der Waals surface area contributed by atoms with Crippen molar-refractivity contribution in [2.75, 3.05) is 13.1 Å². The lowest BCUT2D eigenvalue weighted by molar-refractivity contribution is 0.151. The van der Waals surface area contributed by atoms with Crippen molar-refractivity contribution in [1.82, 2.24) is 4.90 Å². The van der Waals surface area contributed by atoms with Gasteiger partial charge in [-0.15, -0.1) is 6.58 Å². The molecule has 0 aliphatic heterocycles. The van der Waals surface area contributed by atoms with E-state index in [-0.39, 0.29) is 0 Å². The second-order valence-corrected chi connectivity index (χ2v) is 4.27. The molecule has 0 fully saturated rings. The Morgan fingerprint density at radius 1 is 1.47 bits per heavy atom. The number of rotatable bonds is 5. The van der Waals surface area contributed by atoms with Gasteiger partial charge in [-0.2, -0.15) is 0 Å². The van der Waals surface area contributed by atoms with Gasteiger partial charge in [0.2, 0.25) is 0 Å². The third-order valence-corrected chi connectivity index (χ3v) is 3.16. The molecule has 0 saturated heterocycles. The van der Waals surface area contributed by atoms with Crippen LogP contribution in [0.1, 0.15) is 5.56 Å². The molecular weight excluding hydrogens is 261 g/mol. The Bertz CT molecular complexity index is 421. The number of benzene rings is 1. The van der Waals surface area contributed by atoms with Crippen molar-refractivity contribution >= 4 is 29.3 Å². The minimum atomic E-state index is -0.969. The molecule has 0 radical (unpaired) electrons. The molecule has 5 heteroatoms. The van der Waals surface area contributed by atoms with E-state index in [1.807, 2.05) is 6.07 Å². The molecule has 0 aliphatic rings. The molecule has 92 valence electrons. The third-order valence-electron chi connectivity index (χ3n) is 2.30. The summed E-state index contributed by atoms with van der Waals surface area (Å²) in [5.74, 6) is 0. The molecule has 0 saturated carbocycles. The first kappa shape index (κ1) is 13.9. The van der Waals surface area contributed by atoms with Gasteiger partial charge in [-0.25, -0.2) is 4.79 Å². The smallest absolute Gasteiger partial charge is 0.407 e. The fourth-order valence-electron chi connectivity index (χ4n) is 1.42. The Balaban J connectivity index is 2.68. The van der Waals surface area contributed by atoms with E-state index in [9.17, 15) is 4.79 Å². The van der Waals surface area contributed by atoms with Crippen LogP contribution in [0.3, 0.4) is 0 Å². The Hall–Kier alpha value is -1.19. The highest BCUT2D eigenvalue weighted by Crippen LogP contribution is 2.25. The standard InChI is InChI=1S/C12H13Cl2NO2/c1-2-7-15(12(16)17)8-6-9-4-3-5-10(13)11(9)14/h2-5H,1,6-8H2,(H,16,17). The van der Waals surface area contributed by atoms with Crippen LogP contribution >= 0.6 is 23.2 Å². The van der Waals surface area contributed by atoms with E-state index in [2.05, 4.69) is 6.58 Å². The van der Waals surface area contributed by atoms with E-state index in [0.29, 0.717) is 29.6 Å². The average Bonchev–Trinajstić information content (AvgIpc) is 2.29. The number of hydrogen-bond acceptors (Lipinski definition) is 1. The van der Waals surface area contributed by atoms with Crippen LogP contribution in [0.5, 0.6) is 0 Å². The van der Waals surface area contributed by atoms with Gasteiger partial charge in [-0.3, -0.25) is 0 Å². The zero-order valence-corrected chi connectivity index (χ0v) is 10.7. The second-order valence-electron chi connectivity index (χ2n) is 3.48. The summed E-state index contributed by atoms with van der Waals surface area (Å²) in [6.45, 7) is 4.18. The maximum atomic E-state index is 10.9. The molecule has 1 N–H and O–H groups in total. The molecule has 0 spiro atoms. The highest BCUT2D eigenvalue weighted by atomic mass is 35.5. The monoisotopic (exact) mass is 273 g/mol. The van der Waals surface area contributed by atoms with Crippen molar-refractivity contribution < 1.29 is 9.90 Å². The van der Waals surface area contributed by atoms with Crippen LogP contribution in [-0.2, 0) is 6.42 Å². The minimum absolute atomic E-state index is 0.299. The summed E-state index contributed by atoms with van der Waals surface area (Å²) in [5.41, 5.74) is 0.842. The summed E-state index contributed by atoms with van der Waals surface area (Å²) >= 11 is 11.9. The quantitative estimate of drug-likeness (QED) is 0.831. The van der Waals surface area contributed by atoms with Crippen LogP contribution < -0.4 is 0 Å². The first-order chi connectivity index (χ1) is 8.06. The number of carboxylic acid groups (broad SMARTS) is 1. The highest BCUT2D eigenvalue weighted by molar-refractivity contribution is 6.42. The van der Waals surface area contributed by atoms with Crippen molar-refractivity contribution in [2.45, 2.75) is 6.42 Å². The molecule has 1 rings (SSSR count). The van der Waals surface area contributed by atoms with Gasteiger partial charge in [0.1, 0.15) is 0 Å². The predicted octanol–water partition coefficient (Wildman–Crippen LogP) is 3.70. The van der Waals surface area contributed by atoms with Crippen molar-refractivity contribution in [3.8, 4) is 0 Å². The number of nitrogens with zero attached hydrogens (tertiary/aromatic N) is 1. The Labute approximate surface area is 110 Å². The summed E-state index contributed by atoms with van der Waals surface area (Å²) in [4.78, 5) is 12.1. The lowest BCUT2D eigenvalue weighted by Gasteiger charge is -2.17. The Kier molecular flexibility index (Phi) is 5.32. The molecule has 1 amide bonds. The maximum absolute atomic E-state index is 10.9. The van der Waals surface area contributed by atoms with Gasteiger partial charge in [-0.05, 0) is 18.1 Å². The Morgan fingerprint density at radius 3 is 2.76 bits per heavy atom. The molecule has 3 nitrogen and oxygen atoms in total. The summed E-state index contributed by atoms with van der Waals surface area (Å²) < 4.78 is 0. The summed E-state index contributed by atoms with van der Waals surface area (Å²) in [6.07, 6.45) is 1.11. The average molecular weight is 274 g/mol. The molecule has 0 bridgehead atoms. The van der Waals surface area contributed by atoms with Crippen molar-refractivity contribution in [3.05, 3.63) is 46.5 Å². The lowest BCUT2D eigenvalue weighted by atomic mass is 10.1. The molecule has 0 unspecified atom stereocenters. The van der Waals surface area contributed by atoms with Gasteiger partial charge in [0.05, 0.1) is 10.0 Å². The lowest BCUT2D eigenvalue weighted by Crippen LogP contribution is -2.31. The molecule has 17 heavy (non-hydrogen) atoms. The number of amides is 1. The SMILES string of the molecule is C=CCN(CCc1cccc(Cl)c1Cl)C(=O)O. The first-order valence-corrected chi connectivity index (χ1v) is 5.83. The number of carbonyl (C=O) groups is 1. The second kappa shape index (κ2) is 6.52. The van der Waals surface area contributed by atoms with Gasteiger partial charge in [0.15, 0.2) is 0 Å². The fourth-order valence-corrected chi connectivity index (χ4v) is 1.83. The zero-order chi connectivity index (χ0) is 12.8. The summed E-state index contributed by atoms with van der Waals surface area (Å²) in [6, 6.07) is 5.33. The molecule has 0 heterocycles. The molecule has 0 aromatic heterocycles. The van der Waals surface area contributed by atoms with Gasteiger partial charge in [-0.1, -0.05) is 41.4 Å². The molecule has 1 aromatic rings. The maximum Gasteiger partial charge on any atom is 0.407 e. The van der Waals surface area contributed by atoms with E-state index >= 15 is 0 Å². The van der Waals surface area contributed by atoms with Crippen LogP contribution in [0, 0.1) is 0 Å². The van der Waals surface area contributed by atoms with E-state index in [1.54, 1.807) is 18.2 Å². The fraction of sp³-hybridized carbons (Fsp3) is 0.250. The highest BCUT2D eigenvalue weighted by Gasteiger charge is 2.11. The molecular formula is C12H13Cl2NO2. The van der Waals surface area contributed by atoms with E-state index in [0.717, 1.165) is 5.56 Å². The zero-order valence-electron chi connectivity index (χ0n) is 9.20. The largest absolute Gasteiger partial charge is 0.465 e. The molecule has 0 aliphatic carbocycles. The normalized spacial score (nSPS) is 10.0. The van der Waals surface area contributed by atoms with Crippen LogP contribution in [0.2, 0.25) is 10.0 Å². The summed E-state index contributed by atoms with van der Waals surface area (Å²) in [7, 11) is 0. The van der Waals surface area contributed by atoms with Gasteiger partial charge in [0, 0.05) is 13.1 Å². The van der Waals surface area contributed by atoms with Gasteiger partial charge < -0.3 is 10.0 Å². The number of halogens is 2. The van der Waals surface area contributed by atoms with Crippen molar-refractivity contribution in [1.29, 1.82) is 0 Å². The van der Waals surface area contributed by atoms with Gasteiger partial charge in [0.25, 0.3) is 0 Å². The van der Waals surface area contributed by atoms with Crippen LogP contribution in [0.15, 0.2) is 30.9 Å². The molecule has 1 aromatic carbocycles. The van der Waals surface area contributed by atoms with E-state index in [1.165, 1.54) is 4.90 Å².